The highest BCUT2D eigenvalue weighted by atomic mass is 32.2. The van der Waals surface area contributed by atoms with E-state index in [0.29, 0.717) is 17.2 Å². The van der Waals surface area contributed by atoms with Crippen molar-refractivity contribution >= 4 is 21.4 Å². The van der Waals surface area contributed by atoms with Crippen LogP contribution >= 0.6 is 11.3 Å². The van der Waals surface area contributed by atoms with Crippen LogP contribution in [0.2, 0.25) is 0 Å². The first-order valence-electron chi connectivity index (χ1n) is 6.77. The van der Waals surface area contributed by atoms with Crippen molar-refractivity contribution in [1.29, 1.82) is 0 Å². The van der Waals surface area contributed by atoms with Gasteiger partial charge in [-0.25, -0.2) is 13.1 Å². The maximum Gasteiger partial charge on any atom is 0.250 e. The predicted octanol–water partition coefficient (Wildman–Crippen LogP) is 2.14. The molecule has 0 aliphatic heterocycles. The molecule has 0 aromatic carbocycles. The molecule has 6 heteroatoms. The summed E-state index contributed by atoms with van der Waals surface area (Å²) in [7, 11) is -3.38. The smallest absolute Gasteiger partial charge is 0.250 e. The minimum Gasteiger partial charge on any atom is -0.393 e. The largest absolute Gasteiger partial charge is 0.393 e. The SMILES string of the molecule is CCc1ccc(S(=O)(=O)NCC2CCCC(O)C2)s1. The van der Waals surface area contributed by atoms with E-state index >= 15 is 0 Å². The van der Waals surface area contributed by atoms with E-state index in [1.54, 1.807) is 6.07 Å². The molecule has 108 valence electrons. The van der Waals surface area contributed by atoms with Gasteiger partial charge in [0.1, 0.15) is 4.21 Å². The highest BCUT2D eigenvalue weighted by molar-refractivity contribution is 7.91. The molecule has 0 saturated heterocycles. The van der Waals surface area contributed by atoms with Gasteiger partial charge in [-0.3, -0.25) is 0 Å². The first kappa shape index (κ1) is 15.0. The van der Waals surface area contributed by atoms with Crippen LogP contribution in [0.1, 0.15) is 37.5 Å². The Kier molecular flexibility index (Phi) is 5.00. The molecule has 1 heterocycles. The van der Waals surface area contributed by atoms with Gasteiger partial charge < -0.3 is 5.11 Å². The molecule has 2 rings (SSSR count). The van der Waals surface area contributed by atoms with Gasteiger partial charge in [-0.05, 0) is 43.7 Å². The number of aliphatic hydroxyl groups is 1. The van der Waals surface area contributed by atoms with Gasteiger partial charge in [0.25, 0.3) is 0 Å². The van der Waals surface area contributed by atoms with Crippen molar-refractivity contribution in [3.63, 3.8) is 0 Å². The van der Waals surface area contributed by atoms with Crippen LogP contribution in [-0.4, -0.2) is 26.2 Å². The highest BCUT2D eigenvalue weighted by Gasteiger charge is 2.23. The zero-order valence-electron chi connectivity index (χ0n) is 11.1. The summed E-state index contributed by atoms with van der Waals surface area (Å²) in [6, 6.07) is 3.53. The molecule has 1 aromatic heterocycles. The summed E-state index contributed by atoms with van der Waals surface area (Å²) in [5.74, 6) is 0.254. The zero-order valence-corrected chi connectivity index (χ0v) is 12.8. The second-order valence-electron chi connectivity index (χ2n) is 5.11. The molecule has 1 fully saturated rings. The molecule has 0 amide bonds. The van der Waals surface area contributed by atoms with Crippen molar-refractivity contribution in [1.82, 2.24) is 4.72 Å². The van der Waals surface area contributed by atoms with E-state index in [1.165, 1.54) is 11.3 Å². The van der Waals surface area contributed by atoms with E-state index in [1.807, 2.05) is 13.0 Å². The van der Waals surface area contributed by atoms with E-state index in [-0.39, 0.29) is 12.0 Å². The van der Waals surface area contributed by atoms with Crippen molar-refractivity contribution < 1.29 is 13.5 Å². The summed E-state index contributed by atoms with van der Waals surface area (Å²) in [4.78, 5) is 1.08. The van der Waals surface area contributed by atoms with Crippen molar-refractivity contribution in [3.8, 4) is 0 Å². The van der Waals surface area contributed by atoms with Gasteiger partial charge in [0.05, 0.1) is 6.10 Å². The lowest BCUT2D eigenvalue weighted by Gasteiger charge is -2.25. The first-order valence-corrected chi connectivity index (χ1v) is 9.07. The molecule has 19 heavy (non-hydrogen) atoms. The first-order chi connectivity index (χ1) is 9.01. The summed E-state index contributed by atoms with van der Waals surface area (Å²) >= 11 is 1.33. The van der Waals surface area contributed by atoms with Gasteiger partial charge in [0.15, 0.2) is 0 Å². The van der Waals surface area contributed by atoms with E-state index in [0.717, 1.165) is 30.6 Å². The third-order valence-electron chi connectivity index (χ3n) is 3.57. The summed E-state index contributed by atoms with van der Waals surface area (Å²) in [6.45, 7) is 2.44. The number of rotatable bonds is 5. The molecule has 4 nitrogen and oxygen atoms in total. The highest BCUT2D eigenvalue weighted by Crippen LogP contribution is 2.25. The molecule has 1 saturated carbocycles. The Bertz CT molecular complexity index is 510. The van der Waals surface area contributed by atoms with Crippen LogP contribution in [0.25, 0.3) is 0 Å². The second kappa shape index (κ2) is 6.35. The molecular weight excluding hydrogens is 282 g/mol. The third-order valence-corrected chi connectivity index (χ3v) is 6.71. The summed E-state index contributed by atoms with van der Waals surface area (Å²) in [5, 5.41) is 9.59. The van der Waals surface area contributed by atoms with Crippen LogP contribution in [0.3, 0.4) is 0 Å². The lowest BCUT2D eigenvalue weighted by Crippen LogP contribution is -2.32. The Balaban J connectivity index is 1.93. The Morgan fingerprint density at radius 2 is 2.21 bits per heavy atom. The minimum absolute atomic E-state index is 0.254. The Labute approximate surface area is 118 Å². The van der Waals surface area contributed by atoms with Crippen LogP contribution < -0.4 is 4.72 Å². The molecule has 2 atom stereocenters. The molecular formula is C13H21NO3S2. The number of aliphatic hydroxyl groups excluding tert-OH is 1. The van der Waals surface area contributed by atoms with Crippen molar-refractivity contribution in [3.05, 3.63) is 17.0 Å². The Hall–Kier alpha value is -0.430. The zero-order chi connectivity index (χ0) is 13.9. The number of aryl methyl sites for hydroxylation is 1. The summed E-state index contributed by atoms with van der Waals surface area (Å²) in [5.41, 5.74) is 0. The molecule has 2 unspecified atom stereocenters. The van der Waals surface area contributed by atoms with E-state index < -0.39 is 10.0 Å². The van der Waals surface area contributed by atoms with Gasteiger partial charge in [-0.2, -0.15) is 0 Å². The summed E-state index contributed by atoms with van der Waals surface area (Å²) in [6.07, 6.45) is 4.10. The van der Waals surface area contributed by atoms with Crippen LogP contribution in [0.15, 0.2) is 16.3 Å². The van der Waals surface area contributed by atoms with Crippen molar-refractivity contribution in [2.75, 3.05) is 6.54 Å². The van der Waals surface area contributed by atoms with Crippen molar-refractivity contribution in [2.45, 2.75) is 49.3 Å². The van der Waals surface area contributed by atoms with Gasteiger partial charge in [0.2, 0.25) is 10.0 Å². The van der Waals surface area contributed by atoms with Crippen LogP contribution in [-0.2, 0) is 16.4 Å². The maximum atomic E-state index is 12.1. The van der Waals surface area contributed by atoms with E-state index in [2.05, 4.69) is 4.72 Å². The maximum absolute atomic E-state index is 12.1. The van der Waals surface area contributed by atoms with Crippen molar-refractivity contribution in [2.24, 2.45) is 5.92 Å². The summed E-state index contributed by atoms with van der Waals surface area (Å²) < 4.78 is 27.3. The molecule has 0 spiro atoms. The lowest BCUT2D eigenvalue weighted by atomic mass is 9.87. The topological polar surface area (TPSA) is 66.4 Å². The normalized spacial score (nSPS) is 24.5. The average Bonchev–Trinajstić information content (AvgIpc) is 2.86. The van der Waals surface area contributed by atoms with Crippen LogP contribution in [0.4, 0.5) is 0 Å². The number of sulfonamides is 1. The van der Waals surface area contributed by atoms with Crippen LogP contribution in [0, 0.1) is 5.92 Å². The molecule has 2 N–H and O–H groups in total. The quantitative estimate of drug-likeness (QED) is 0.876. The second-order valence-corrected chi connectivity index (χ2v) is 8.27. The fourth-order valence-corrected chi connectivity index (χ4v) is 4.90. The molecule has 1 aromatic rings. The predicted molar refractivity (Wildman–Crippen MR) is 76.9 cm³/mol. The van der Waals surface area contributed by atoms with Gasteiger partial charge >= 0.3 is 0 Å². The fourth-order valence-electron chi connectivity index (χ4n) is 2.44. The number of hydrogen-bond acceptors (Lipinski definition) is 4. The molecule has 0 radical (unpaired) electrons. The number of nitrogens with one attached hydrogen (secondary N) is 1. The Morgan fingerprint density at radius 3 is 2.84 bits per heavy atom. The monoisotopic (exact) mass is 303 g/mol. The van der Waals surface area contributed by atoms with Crippen LogP contribution in [0.5, 0.6) is 0 Å². The van der Waals surface area contributed by atoms with Gasteiger partial charge in [-0.1, -0.05) is 13.3 Å². The molecule has 1 aliphatic carbocycles. The fraction of sp³-hybridized carbons (Fsp3) is 0.692. The van der Waals surface area contributed by atoms with Gasteiger partial charge in [-0.15, -0.1) is 11.3 Å². The van der Waals surface area contributed by atoms with E-state index in [4.69, 9.17) is 0 Å². The third kappa shape index (κ3) is 4.02. The molecule has 1 aliphatic rings. The molecule has 0 bridgehead atoms. The number of hydrogen-bond donors (Lipinski definition) is 2. The standard InChI is InChI=1S/C13H21NO3S2/c1-2-12-6-7-13(18-12)19(16,17)14-9-10-4-3-5-11(15)8-10/h6-7,10-11,14-15H,2-5,8-9H2,1H3. The Morgan fingerprint density at radius 1 is 1.42 bits per heavy atom. The van der Waals surface area contributed by atoms with Gasteiger partial charge in [0, 0.05) is 11.4 Å². The van der Waals surface area contributed by atoms with E-state index in [9.17, 15) is 13.5 Å². The number of thiophene rings is 1. The lowest BCUT2D eigenvalue weighted by molar-refractivity contribution is 0.102. The minimum atomic E-state index is -3.38. The average molecular weight is 303 g/mol.